The maximum atomic E-state index is 10.9. The van der Waals surface area contributed by atoms with Crippen LogP contribution in [-0.2, 0) is 6.42 Å². The Bertz CT molecular complexity index is 375. The third-order valence-electron chi connectivity index (χ3n) is 2.58. The number of aromatic nitrogens is 1. The molecule has 0 fully saturated rings. The van der Waals surface area contributed by atoms with E-state index in [9.17, 15) is 9.90 Å². The van der Waals surface area contributed by atoms with Crippen molar-refractivity contribution in [1.82, 2.24) is 4.98 Å². The van der Waals surface area contributed by atoms with Gasteiger partial charge in [0.25, 0.3) is 5.91 Å². The van der Waals surface area contributed by atoms with Gasteiger partial charge in [0, 0.05) is 4.88 Å². The number of nitrogens with two attached hydrogens (primary N) is 1. The van der Waals surface area contributed by atoms with Gasteiger partial charge in [0.2, 0.25) is 0 Å². The van der Waals surface area contributed by atoms with Crippen LogP contribution in [0.3, 0.4) is 0 Å². The second-order valence-electron chi connectivity index (χ2n) is 3.65. The standard InChI is InChI=1S/C9H12N2O2S/c1-4-2-3-5-6(7(4)12)11-9(14-5)8(10)13/h4,7,12H,2-3H2,1H3,(H2,10,13). The third-order valence-corrected chi connectivity index (χ3v) is 3.73. The van der Waals surface area contributed by atoms with E-state index < -0.39 is 12.0 Å². The first-order valence-electron chi connectivity index (χ1n) is 4.57. The lowest BCUT2D eigenvalue weighted by Gasteiger charge is -2.22. The molecule has 3 N–H and O–H groups in total. The largest absolute Gasteiger partial charge is 0.386 e. The van der Waals surface area contributed by atoms with Crippen molar-refractivity contribution in [2.24, 2.45) is 11.7 Å². The van der Waals surface area contributed by atoms with Crippen molar-refractivity contribution >= 4 is 17.2 Å². The lowest BCUT2D eigenvalue weighted by atomic mass is 9.90. The number of carbonyl (C=O) groups is 1. The first kappa shape index (κ1) is 9.61. The normalized spacial score (nSPS) is 25.9. The number of carbonyl (C=O) groups excluding carboxylic acids is 1. The van der Waals surface area contributed by atoms with Gasteiger partial charge >= 0.3 is 0 Å². The number of nitrogens with zero attached hydrogens (tertiary/aromatic N) is 1. The molecule has 1 heterocycles. The molecule has 0 bridgehead atoms. The van der Waals surface area contributed by atoms with Crippen LogP contribution in [0.1, 0.15) is 39.8 Å². The Morgan fingerprint density at radius 2 is 2.43 bits per heavy atom. The van der Waals surface area contributed by atoms with E-state index in [-0.39, 0.29) is 5.92 Å². The average molecular weight is 212 g/mol. The second-order valence-corrected chi connectivity index (χ2v) is 4.74. The van der Waals surface area contributed by atoms with Crippen LogP contribution < -0.4 is 5.73 Å². The molecule has 0 spiro atoms. The van der Waals surface area contributed by atoms with Gasteiger partial charge in [0.15, 0.2) is 5.01 Å². The predicted molar refractivity (Wildman–Crippen MR) is 53.1 cm³/mol. The van der Waals surface area contributed by atoms with Gasteiger partial charge in [-0.3, -0.25) is 4.79 Å². The first-order valence-corrected chi connectivity index (χ1v) is 5.38. The van der Waals surface area contributed by atoms with Crippen molar-refractivity contribution < 1.29 is 9.90 Å². The average Bonchev–Trinajstić information content (AvgIpc) is 2.56. The molecule has 2 unspecified atom stereocenters. The highest BCUT2D eigenvalue weighted by atomic mass is 32.1. The number of fused-ring (bicyclic) bond motifs is 1. The van der Waals surface area contributed by atoms with E-state index in [2.05, 4.69) is 4.98 Å². The van der Waals surface area contributed by atoms with Crippen LogP contribution in [0.15, 0.2) is 0 Å². The summed E-state index contributed by atoms with van der Waals surface area (Å²) in [6.07, 6.45) is 1.29. The molecule has 0 saturated carbocycles. The van der Waals surface area contributed by atoms with Gasteiger partial charge in [0.1, 0.15) is 0 Å². The maximum absolute atomic E-state index is 10.9. The van der Waals surface area contributed by atoms with Crippen LogP contribution >= 0.6 is 11.3 Å². The summed E-state index contributed by atoms with van der Waals surface area (Å²) in [5, 5.41) is 10.1. The van der Waals surface area contributed by atoms with Crippen LogP contribution in [0.2, 0.25) is 0 Å². The zero-order chi connectivity index (χ0) is 10.3. The number of aliphatic hydroxyl groups is 1. The van der Waals surface area contributed by atoms with E-state index in [1.807, 2.05) is 6.92 Å². The Morgan fingerprint density at radius 1 is 1.71 bits per heavy atom. The van der Waals surface area contributed by atoms with Crippen molar-refractivity contribution in [3.05, 3.63) is 15.6 Å². The Kier molecular flexibility index (Phi) is 2.28. The number of aryl methyl sites for hydroxylation is 1. The highest BCUT2D eigenvalue weighted by Gasteiger charge is 2.29. The lowest BCUT2D eigenvalue weighted by Crippen LogP contribution is -2.17. The summed E-state index contributed by atoms with van der Waals surface area (Å²) >= 11 is 1.30. The summed E-state index contributed by atoms with van der Waals surface area (Å²) in [5.74, 6) is -0.297. The Morgan fingerprint density at radius 3 is 3.07 bits per heavy atom. The Labute approximate surface area is 85.8 Å². The molecule has 1 aromatic heterocycles. The quantitative estimate of drug-likeness (QED) is 0.724. The minimum atomic E-state index is -0.539. The van der Waals surface area contributed by atoms with Crippen LogP contribution in [-0.4, -0.2) is 16.0 Å². The summed E-state index contributed by atoms with van der Waals surface area (Å²) in [7, 11) is 0. The van der Waals surface area contributed by atoms with Gasteiger partial charge < -0.3 is 10.8 Å². The van der Waals surface area contributed by atoms with Gasteiger partial charge in [-0.15, -0.1) is 11.3 Å². The predicted octanol–water partition coefficient (Wildman–Crippen LogP) is 0.858. The van der Waals surface area contributed by atoms with Crippen molar-refractivity contribution in [2.45, 2.75) is 25.9 Å². The monoisotopic (exact) mass is 212 g/mol. The molecule has 0 aliphatic heterocycles. The van der Waals surface area contributed by atoms with E-state index in [4.69, 9.17) is 5.73 Å². The number of primary amides is 1. The molecule has 1 aliphatic rings. The summed E-state index contributed by atoms with van der Waals surface area (Å²) in [4.78, 5) is 16.0. The van der Waals surface area contributed by atoms with Crippen molar-refractivity contribution in [3.63, 3.8) is 0 Å². The maximum Gasteiger partial charge on any atom is 0.277 e. The highest BCUT2D eigenvalue weighted by Crippen LogP contribution is 2.36. The fourth-order valence-corrected chi connectivity index (χ4v) is 2.63. The number of amides is 1. The minimum Gasteiger partial charge on any atom is -0.386 e. The molecular formula is C9H12N2O2S. The van der Waals surface area contributed by atoms with Crippen molar-refractivity contribution in [2.75, 3.05) is 0 Å². The van der Waals surface area contributed by atoms with Crippen LogP contribution in [0.5, 0.6) is 0 Å². The summed E-state index contributed by atoms with van der Waals surface area (Å²) in [6.45, 7) is 1.98. The topological polar surface area (TPSA) is 76.2 Å². The van der Waals surface area contributed by atoms with Gasteiger partial charge in [0.05, 0.1) is 11.8 Å². The van der Waals surface area contributed by atoms with Gasteiger partial charge in [-0.05, 0) is 18.8 Å². The number of hydrogen-bond donors (Lipinski definition) is 2. The molecule has 1 amide bonds. The fourth-order valence-electron chi connectivity index (χ4n) is 1.67. The van der Waals surface area contributed by atoms with Crippen LogP contribution in [0, 0.1) is 5.92 Å². The number of hydrogen-bond acceptors (Lipinski definition) is 4. The number of rotatable bonds is 1. The minimum absolute atomic E-state index is 0.213. The van der Waals surface area contributed by atoms with Gasteiger partial charge in [-0.2, -0.15) is 0 Å². The van der Waals surface area contributed by atoms with Crippen LogP contribution in [0.25, 0.3) is 0 Å². The molecule has 2 atom stereocenters. The first-order chi connectivity index (χ1) is 6.59. The molecule has 76 valence electrons. The van der Waals surface area contributed by atoms with E-state index in [0.29, 0.717) is 10.7 Å². The lowest BCUT2D eigenvalue weighted by molar-refractivity contribution is 0.0977. The summed E-state index contributed by atoms with van der Waals surface area (Å²) in [6, 6.07) is 0. The number of thiazole rings is 1. The Hall–Kier alpha value is -0.940. The van der Waals surface area contributed by atoms with E-state index >= 15 is 0 Å². The molecule has 0 aromatic carbocycles. The SMILES string of the molecule is CC1CCc2sc(C(N)=O)nc2C1O. The fraction of sp³-hybridized carbons (Fsp3) is 0.556. The molecule has 0 radical (unpaired) electrons. The van der Waals surface area contributed by atoms with Gasteiger partial charge in [-0.25, -0.2) is 4.98 Å². The molecule has 0 saturated heterocycles. The molecular weight excluding hydrogens is 200 g/mol. The summed E-state index contributed by atoms with van der Waals surface area (Å²) in [5.41, 5.74) is 5.79. The molecule has 14 heavy (non-hydrogen) atoms. The second kappa shape index (κ2) is 3.33. The molecule has 1 aromatic rings. The summed E-state index contributed by atoms with van der Waals surface area (Å²) < 4.78 is 0. The van der Waals surface area contributed by atoms with Crippen molar-refractivity contribution in [3.8, 4) is 0 Å². The molecule has 2 rings (SSSR count). The van der Waals surface area contributed by atoms with E-state index in [1.54, 1.807) is 0 Å². The molecule has 1 aliphatic carbocycles. The van der Waals surface area contributed by atoms with Gasteiger partial charge in [-0.1, -0.05) is 6.92 Å². The van der Waals surface area contributed by atoms with E-state index in [0.717, 1.165) is 17.7 Å². The highest BCUT2D eigenvalue weighted by molar-refractivity contribution is 7.13. The molecule has 5 heteroatoms. The smallest absolute Gasteiger partial charge is 0.277 e. The van der Waals surface area contributed by atoms with E-state index in [1.165, 1.54) is 11.3 Å². The Balaban J connectivity index is 2.41. The zero-order valence-electron chi connectivity index (χ0n) is 7.86. The molecule has 4 nitrogen and oxygen atoms in total. The van der Waals surface area contributed by atoms with Crippen LogP contribution in [0.4, 0.5) is 0 Å². The van der Waals surface area contributed by atoms with Crippen molar-refractivity contribution in [1.29, 1.82) is 0 Å². The zero-order valence-corrected chi connectivity index (χ0v) is 8.67. The number of aliphatic hydroxyl groups excluding tert-OH is 1. The third kappa shape index (κ3) is 1.42.